The average Bonchev–Trinajstić information content (AvgIpc) is 2.38. The molecule has 9 heteroatoms. The van der Waals surface area contributed by atoms with Crippen molar-refractivity contribution in [2.75, 3.05) is 12.4 Å². The number of nitrogens with zero attached hydrogens (tertiary/aromatic N) is 2. The molecule has 8 nitrogen and oxygen atoms in total. The third-order valence-electron chi connectivity index (χ3n) is 2.61. The molecule has 0 radical (unpaired) electrons. The summed E-state index contributed by atoms with van der Waals surface area (Å²) in [7, 11) is 0. The van der Waals surface area contributed by atoms with Crippen molar-refractivity contribution in [2.24, 2.45) is 0 Å². The summed E-state index contributed by atoms with van der Waals surface area (Å²) in [5, 5.41) is 24.1. The molecule has 0 saturated carbocycles. The van der Waals surface area contributed by atoms with Crippen LogP contribution in [0.3, 0.4) is 0 Å². The van der Waals surface area contributed by atoms with E-state index in [1.54, 1.807) is 0 Å². The van der Waals surface area contributed by atoms with Gasteiger partial charge in [-0.15, -0.1) is 11.6 Å². The maximum Gasteiger partial charge on any atom is 0.279 e. The topological polar surface area (TPSA) is 115 Å². The second-order valence-corrected chi connectivity index (χ2v) is 4.33. The molecule has 0 aliphatic heterocycles. The van der Waals surface area contributed by atoms with Crippen LogP contribution in [0.15, 0.2) is 12.1 Å². The predicted octanol–water partition coefficient (Wildman–Crippen LogP) is 2.17. The summed E-state index contributed by atoms with van der Waals surface area (Å²) in [6.07, 6.45) is 0.531. The van der Waals surface area contributed by atoms with E-state index in [9.17, 15) is 25.0 Å². The number of hydrogen-bond donors (Lipinski definition) is 1. The minimum absolute atomic E-state index is 0.0829. The Morgan fingerprint density at radius 1 is 1.30 bits per heavy atom. The van der Waals surface area contributed by atoms with Gasteiger partial charge in [-0.2, -0.15) is 0 Å². The largest absolute Gasteiger partial charge is 0.352 e. The minimum Gasteiger partial charge on any atom is -0.352 e. The molecule has 1 N–H and O–H groups in total. The first-order valence-electron chi connectivity index (χ1n) is 5.66. The van der Waals surface area contributed by atoms with E-state index in [2.05, 4.69) is 5.32 Å². The summed E-state index contributed by atoms with van der Waals surface area (Å²) in [6.45, 7) is 1.66. The van der Waals surface area contributed by atoms with Crippen LogP contribution in [0, 0.1) is 27.2 Å². The molecule has 0 heterocycles. The zero-order valence-corrected chi connectivity index (χ0v) is 11.3. The van der Waals surface area contributed by atoms with Crippen LogP contribution in [0.1, 0.15) is 22.3 Å². The second kappa shape index (κ2) is 6.80. The summed E-state index contributed by atoms with van der Waals surface area (Å²) >= 11 is 5.47. The SMILES string of the molecule is Cc1c(C(=O)NCCCCl)cc([N+](=O)[O-])cc1[N+](=O)[O-]. The first-order valence-corrected chi connectivity index (χ1v) is 6.19. The van der Waals surface area contributed by atoms with Gasteiger partial charge in [0.2, 0.25) is 0 Å². The Morgan fingerprint density at radius 3 is 2.45 bits per heavy atom. The summed E-state index contributed by atoms with van der Waals surface area (Å²) in [5.41, 5.74) is -0.948. The van der Waals surface area contributed by atoms with Gasteiger partial charge in [-0.1, -0.05) is 0 Å². The Morgan fingerprint density at radius 2 is 1.95 bits per heavy atom. The number of halogens is 1. The highest BCUT2D eigenvalue weighted by molar-refractivity contribution is 6.17. The van der Waals surface area contributed by atoms with Crippen LogP contribution < -0.4 is 5.32 Å². The number of carbonyl (C=O) groups excluding carboxylic acids is 1. The maximum atomic E-state index is 11.9. The number of nitrogens with one attached hydrogen (secondary N) is 1. The summed E-state index contributed by atoms with van der Waals surface area (Å²) in [5.74, 6) is -0.242. The summed E-state index contributed by atoms with van der Waals surface area (Å²) in [4.78, 5) is 32.0. The van der Waals surface area contributed by atoms with Gasteiger partial charge in [0.25, 0.3) is 17.3 Å². The van der Waals surface area contributed by atoms with Gasteiger partial charge in [0.05, 0.1) is 21.5 Å². The lowest BCUT2D eigenvalue weighted by Gasteiger charge is -2.07. The Balaban J connectivity index is 3.20. The normalized spacial score (nSPS) is 10.1. The zero-order valence-electron chi connectivity index (χ0n) is 10.6. The average molecular weight is 302 g/mol. The Kier molecular flexibility index (Phi) is 5.39. The molecule has 0 unspecified atom stereocenters. The molecule has 0 aliphatic carbocycles. The fraction of sp³-hybridized carbons (Fsp3) is 0.364. The van der Waals surface area contributed by atoms with E-state index in [-0.39, 0.29) is 17.7 Å². The first kappa shape index (κ1) is 15.8. The highest BCUT2D eigenvalue weighted by Crippen LogP contribution is 2.27. The van der Waals surface area contributed by atoms with Gasteiger partial charge in [0.15, 0.2) is 0 Å². The van der Waals surface area contributed by atoms with Gasteiger partial charge >= 0.3 is 0 Å². The lowest BCUT2D eigenvalue weighted by Crippen LogP contribution is -2.25. The standard InChI is InChI=1S/C11H12ClN3O5/c1-7-9(11(16)13-4-2-3-12)5-8(14(17)18)6-10(7)15(19)20/h5-6H,2-4H2,1H3,(H,13,16). The number of carbonyl (C=O) groups is 1. The summed E-state index contributed by atoms with van der Waals surface area (Å²) < 4.78 is 0. The number of non-ortho nitro benzene ring substituents is 1. The number of amides is 1. The molecule has 20 heavy (non-hydrogen) atoms. The fourth-order valence-electron chi connectivity index (χ4n) is 1.58. The van der Waals surface area contributed by atoms with E-state index in [1.807, 2.05) is 0 Å². The second-order valence-electron chi connectivity index (χ2n) is 3.95. The molecule has 0 saturated heterocycles. The van der Waals surface area contributed by atoms with Crippen molar-refractivity contribution in [1.82, 2.24) is 5.32 Å². The molecular formula is C11H12ClN3O5. The number of rotatable bonds is 6. The number of nitro groups is 2. The van der Waals surface area contributed by atoms with E-state index >= 15 is 0 Å². The summed E-state index contributed by atoms with van der Waals surface area (Å²) in [6, 6.07) is 1.86. The van der Waals surface area contributed by atoms with Crippen LogP contribution in [0.4, 0.5) is 11.4 Å². The van der Waals surface area contributed by atoms with Crippen LogP contribution in [-0.2, 0) is 0 Å². The first-order chi connectivity index (χ1) is 9.38. The minimum atomic E-state index is -0.776. The van der Waals surface area contributed by atoms with Gasteiger partial charge in [-0.05, 0) is 13.3 Å². The zero-order chi connectivity index (χ0) is 15.3. The van der Waals surface area contributed by atoms with Gasteiger partial charge in [-0.3, -0.25) is 25.0 Å². The highest BCUT2D eigenvalue weighted by atomic mass is 35.5. The van der Waals surface area contributed by atoms with Crippen molar-refractivity contribution in [3.05, 3.63) is 43.5 Å². The monoisotopic (exact) mass is 301 g/mol. The van der Waals surface area contributed by atoms with Crippen molar-refractivity contribution in [3.63, 3.8) is 0 Å². The number of hydrogen-bond acceptors (Lipinski definition) is 5. The molecule has 1 aromatic carbocycles. The van der Waals surface area contributed by atoms with E-state index in [4.69, 9.17) is 11.6 Å². The molecule has 0 spiro atoms. The fourth-order valence-corrected chi connectivity index (χ4v) is 1.71. The Labute approximate surface area is 119 Å². The third kappa shape index (κ3) is 3.64. The van der Waals surface area contributed by atoms with Crippen LogP contribution in [0.2, 0.25) is 0 Å². The number of nitro benzene ring substituents is 2. The maximum absolute atomic E-state index is 11.9. The van der Waals surface area contributed by atoms with Crippen molar-refractivity contribution in [1.29, 1.82) is 0 Å². The predicted molar refractivity (Wildman–Crippen MR) is 72.2 cm³/mol. The molecule has 0 aromatic heterocycles. The van der Waals surface area contributed by atoms with E-state index in [0.29, 0.717) is 12.3 Å². The van der Waals surface area contributed by atoms with Crippen molar-refractivity contribution >= 4 is 28.9 Å². The molecule has 0 atom stereocenters. The van der Waals surface area contributed by atoms with E-state index < -0.39 is 27.1 Å². The van der Waals surface area contributed by atoms with Gasteiger partial charge < -0.3 is 5.32 Å². The van der Waals surface area contributed by atoms with Crippen molar-refractivity contribution in [3.8, 4) is 0 Å². The van der Waals surface area contributed by atoms with Gasteiger partial charge in [0.1, 0.15) is 0 Å². The molecule has 108 valence electrons. The van der Waals surface area contributed by atoms with E-state index in [0.717, 1.165) is 12.1 Å². The quantitative estimate of drug-likeness (QED) is 0.374. The van der Waals surface area contributed by atoms with Crippen molar-refractivity contribution < 1.29 is 14.6 Å². The van der Waals surface area contributed by atoms with Crippen molar-refractivity contribution in [2.45, 2.75) is 13.3 Å². The smallest absolute Gasteiger partial charge is 0.279 e. The Bertz CT molecular complexity index is 561. The molecule has 0 fully saturated rings. The molecule has 1 rings (SSSR count). The highest BCUT2D eigenvalue weighted by Gasteiger charge is 2.24. The lowest BCUT2D eigenvalue weighted by atomic mass is 10.0. The van der Waals surface area contributed by atoms with Crippen LogP contribution in [0.5, 0.6) is 0 Å². The van der Waals surface area contributed by atoms with Crippen LogP contribution in [-0.4, -0.2) is 28.2 Å². The Hall–Kier alpha value is -2.22. The molecule has 0 bridgehead atoms. The van der Waals surface area contributed by atoms with Gasteiger partial charge in [0, 0.05) is 24.1 Å². The lowest BCUT2D eigenvalue weighted by molar-refractivity contribution is -0.394. The number of alkyl halides is 1. The number of benzene rings is 1. The molecule has 1 aromatic rings. The third-order valence-corrected chi connectivity index (χ3v) is 2.88. The van der Waals surface area contributed by atoms with E-state index in [1.165, 1.54) is 6.92 Å². The molecular weight excluding hydrogens is 290 g/mol. The van der Waals surface area contributed by atoms with Crippen LogP contribution in [0.25, 0.3) is 0 Å². The van der Waals surface area contributed by atoms with Crippen LogP contribution >= 0.6 is 11.6 Å². The molecule has 1 amide bonds. The molecule has 0 aliphatic rings. The van der Waals surface area contributed by atoms with Gasteiger partial charge in [-0.25, -0.2) is 0 Å².